The molecule has 0 rings (SSSR count). The van der Waals surface area contributed by atoms with E-state index in [0.717, 1.165) is 19.3 Å². The van der Waals surface area contributed by atoms with Crippen LogP contribution < -0.4 is 0 Å². The molecule has 0 aromatic heterocycles. The van der Waals surface area contributed by atoms with Gasteiger partial charge in [-0.2, -0.15) is 22.0 Å². The molecular weight excluding hydrogens is 259 g/mol. The number of rotatable bonds is 8. The van der Waals surface area contributed by atoms with E-state index in [-0.39, 0.29) is 6.42 Å². The number of unbranched alkanes of at least 4 members (excludes halogenated alkanes) is 4. The molecule has 0 bridgehead atoms. The highest BCUT2D eigenvalue weighted by molar-refractivity contribution is 5.86. The number of alkyl halides is 2. The number of carbonyl (C=O) groups excluding carboxylic acids is 1. The largest absolute Gasteiger partial charge is 0.400 e. The molecule has 0 aliphatic rings. The second kappa shape index (κ2) is 8.05. The second-order valence-corrected chi connectivity index (χ2v) is 3.77. The summed E-state index contributed by atoms with van der Waals surface area (Å²) in [5.41, 5.74) is 0. The molecule has 0 radical (unpaired) electrons. The van der Waals surface area contributed by atoms with Gasteiger partial charge in [-0.15, -0.1) is 0 Å². The van der Waals surface area contributed by atoms with Crippen LogP contribution in [-0.4, -0.2) is 12.1 Å². The number of hydrogen-bond acceptors (Lipinski definition) is 2. The number of hydrogen-bond donors (Lipinski definition) is 0. The molecule has 2 nitrogen and oxygen atoms in total. The SMILES string of the molecule is CCCCCCCC(F)(F)OC(=O)C(F)=C(F)F. The van der Waals surface area contributed by atoms with Crippen molar-refractivity contribution >= 4 is 5.97 Å². The van der Waals surface area contributed by atoms with E-state index in [1.54, 1.807) is 0 Å². The van der Waals surface area contributed by atoms with Crippen molar-refractivity contribution in [1.29, 1.82) is 0 Å². The molecular formula is C11H15F5O2. The molecule has 0 aromatic rings. The fourth-order valence-corrected chi connectivity index (χ4v) is 1.24. The molecule has 18 heavy (non-hydrogen) atoms. The van der Waals surface area contributed by atoms with Gasteiger partial charge in [-0.25, -0.2) is 4.79 Å². The molecule has 0 atom stereocenters. The van der Waals surface area contributed by atoms with Crippen molar-refractivity contribution in [2.75, 3.05) is 0 Å². The van der Waals surface area contributed by atoms with Gasteiger partial charge in [0.25, 0.3) is 5.83 Å². The van der Waals surface area contributed by atoms with Gasteiger partial charge in [0, 0.05) is 0 Å². The van der Waals surface area contributed by atoms with Crippen LogP contribution in [0, 0.1) is 0 Å². The summed E-state index contributed by atoms with van der Waals surface area (Å²) in [5, 5.41) is 0. The standard InChI is InChI=1S/C11H15F5O2/c1-2-3-4-5-6-7-11(15,16)18-10(17)8(12)9(13)14/h2-7H2,1H3. The van der Waals surface area contributed by atoms with Crippen LogP contribution >= 0.6 is 0 Å². The van der Waals surface area contributed by atoms with Gasteiger partial charge in [0.15, 0.2) is 0 Å². The molecule has 106 valence electrons. The fourth-order valence-electron chi connectivity index (χ4n) is 1.24. The lowest BCUT2D eigenvalue weighted by molar-refractivity contribution is -0.233. The predicted molar refractivity (Wildman–Crippen MR) is 54.8 cm³/mol. The lowest BCUT2D eigenvalue weighted by Gasteiger charge is -2.15. The number of halogens is 5. The smallest absolute Gasteiger partial charge is 0.395 e. The van der Waals surface area contributed by atoms with Gasteiger partial charge in [-0.05, 0) is 6.42 Å². The Labute approximate surface area is 102 Å². The first-order chi connectivity index (χ1) is 8.30. The van der Waals surface area contributed by atoms with Gasteiger partial charge in [0.2, 0.25) is 0 Å². The first kappa shape index (κ1) is 16.9. The molecule has 0 unspecified atom stereocenters. The van der Waals surface area contributed by atoms with E-state index in [9.17, 15) is 26.7 Å². The molecule has 0 heterocycles. The lowest BCUT2D eigenvalue weighted by Crippen LogP contribution is -2.25. The van der Waals surface area contributed by atoms with E-state index >= 15 is 0 Å². The Hall–Kier alpha value is -1.14. The van der Waals surface area contributed by atoms with Gasteiger partial charge in [-0.1, -0.05) is 32.6 Å². The molecule has 0 saturated carbocycles. The molecule has 0 N–H and O–H groups in total. The summed E-state index contributed by atoms with van der Waals surface area (Å²) in [7, 11) is 0. The summed E-state index contributed by atoms with van der Waals surface area (Å²) in [5.74, 6) is -4.92. The number of esters is 1. The van der Waals surface area contributed by atoms with Crippen molar-refractivity contribution in [1.82, 2.24) is 0 Å². The third kappa shape index (κ3) is 7.24. The predicted octanol–water partition coefficient (Wildman–Crippen LogP) is 4.56. The minimum Gasteiger partial charge on any atom is -0.395 e. The molecule has 0 aliphatic carbocycles. The molecule has 0 saturated heterocycles. The van der Waals surface area contributed by atoms with Crippen LogP contribution in [0.5, 0.6) is 0 Å². The summed E-state index contributed by atoms with van der Waals surface area (Å²) in [6, 6.07) is 0. The van der Waals surface area contributed by atoms with Gasteiger partial charge in [0.1, 0.15) is 0 Å². The van der Waals surface area contributed by atoms with Crippen LogP contribution in [0.1, 0.15) is 45.4 Å². The second-order valence-electron chi connectivity index (χ2n) is 3.77. The third-order valence-electron chi connectivity index (χ3n) is 2.16. The highest BCUT2D eigenvalue weighted by Gasteiger charge is 2.35. The Morgan fingerprint density at radius 3 is 2.11 bits per heavy atom. The molecule has 0 fully saturated rings. The normalized spacial score (nSPS) is 11.2. The van der Waals surface area contributed by atoms with Gasteiger partial charge < -0.3 is 4.74 Å². The average molecular weight is 274 g/mol. The van der Waals surface area contributed by atoms with Crippen molar-refractivity contribution in [3.8, 4) is 0 Å². The minimum absolute atomic E-state index is 0.0731. The van der Waals surface area contributed by atoms with Crippen LogP contribution in [0.2, 0.25) is 0 Å². The van der Waals surface area contributed by atoms with E-state index in [1.807, 2.05) is 6.92 Å². The van der Waals surface area contributed by atoms with E-state index in [2.05, 4.69) is 4.74 Å². The van der Waals surface area contributed by atoms with Gasteiger partial charge in [-0.3, -0.25) is 0 Å². The summed E-state index contributed by atoms with van der Waals surface area (Å²) < 4.78 is 64.7. The molecule has 0 aromatic carbocycles. The third-order valence-corrected chi connectivity index (χ3v) is 2.16. The first-order valence-electron chi connectivity index (χ1n) is 5.62. The first-order valence-corrected chi connectivity index (χ1v) is 5.62. The van der Waals surface area contributed by atoms with Gasteiger partial charge >= 0.3 is 18.2 Å². The van der Waals surface area contributed by atoms with Crippen LogP contribution in [-0.2, 0) is 9.53 Å². The Kier molecular flexibility index (Phi) is 7.54. The van der Waals surface area contributed by atoms with Crippen molar-refractivity contribution in [2.24, 2.45) is 0 Å². The molecule has 7 heteroatoms. The lowest BCUT2D eigenvalue weighted by atomic mass is 10.1. The highest BCUT2D eigenvalue weighted by atomic mass is 19.3. The van der Waals surface area contributed by atoms with Crippen molar-refractivity contribution in [2.45, 2.75) is 51.6 Å². The Morgan fingerprint density at radius 1 is 1.06 bits per heavy atom. The van der Waals surface area contributed by atoms with Crippen molar-refractivity contribution in [3.05, 3.63) is 11.9 Å². The average Bonchev–Trinajstić information content (AvgIpc) is 2.26. The molecule has 0 spiro atoms. The van der Waals surface area contributed by atoms with Crippen LogP contribution in [0.4, 0.5) is 22.0 Å². The molecule has 0 aliphatic heterocycles. The van der Waals surface area contributed by atoms with Crippen LogP contribution in [0.25, 0.3) is 0 Å². The maximum atomic E-state index is 12.9. The zero-order chi connectivity index (χ0) is 14.2. The van der Waals surface area contributed by atoms with Gasteiger partial charge in [0.05, 0.1) is 6.42 Å². The summed E-state index contributed by atoms with van der Waals surface area (Å²) in [4.78, 5) is 10.5. The van der Waals surface area contributed by atoms with E-state index < -0.39 is 30.4 Å². The Balaban J connectivity index is 4.07. The quantitative estimate of drug-likeness (QED) is 0.281. The Morgan fingerprint density at radius 2 is 1.61 bits per heavy atom. The summed E-state index contributed by atoms with van der Waals surface area (Å²) in [6.07, 6.45) is -4.51. The fraction of sp³-hybridized carbons (Fsp3) is 0.727. The van der Waals surface area contributed by atoms with E-state index in [1.165, 1.54) is 0 Å². The topological polar surface area (TPSA) is 26.3 Å². The van der Waals surface area contributed by atoms with E-state index in [0.29, 0.717) is 6.42 Å². The number of carbonyl (C=O) groups is 1. The molecule has 0 amide bonds. The monoisotopic (exact) mass is 274 g/mol. The van der Waals surface area contributed by atoms with Crippen molar-refractivity contribution in [3.63, 3.8) is 0 Å². The minimum atomic E-state index is -3.92. The highest BCUT2D eigenvalue weighted by Crippen LogP contribution is 2.26. The maximum Gasteiger partial charge on any atom is 0.400 e. The maximum absolute atomic E-state index is 12.9. The van der Waals surface area contributed by atoms with Crippen LogP contribution in [0.15, 0.2) is 11.9 Å². The van der Waals surface area contributed by atoms with Crippen molar-refractivity contribution < 1.29 is 31.5 Å². The summed E-state index contributed by atoms with van der Waals surface area (Å²) >= 11 is 0. The number of ether oxygens (including phenoxy) is 1. The van der Waals surface area contributed by atoms with Crippen LogP contribution in [0.3, 0.4) is 0 Å². The zero-order valence-corrected chi connectivity index (χ0v) is 9.95. The van der Waals surface area contributed by atoms with E-state index in [4.69, 9.17) is 0 Å². The Bertz CT molecular complexity index is 298. The summed E-state index contributed by atoms with van der Waals surface area (Å²) in [6.45, 7) is 1.96. The zero-order valence-electron chi connectivity index (χ0n) is 9.95.